The van der Waals surface area contributed by atoms with E-state index in [1.807, 2.05) is 0 Å². The van der Waals surface area contributed by atoms with Crippen molar-refractivity contribution in [3.63, 3.8) is 0 Å². The predicted octanol–water partition coefficient (Wildman–Crippen LogP) is -0.475. The quantitative estimate of drug-likeness (QED) is 0.704. The number of amides is 1. The molecule has 0 bridgehead atoms. The van der Waals surface area contributed by atoms with Gasteiger partial charge < -0.3 is 5.32 Å². The fraction of sp³-hybridized carbons (Fsp3) is 0.125. The molecule has 0 aliphatic carbocycles. The van der Waals surface area contributed by atoms with Crippen LogP contribution in [0.1, 0.15) is 16.2 Å². The molecular formula is C8H8N6O. The van der Waals surface area contributed by atoms with E-state index in [0.29, 0.717) is 17.9 Å². The average molecular weight is 204 g/mol. The van der Waals surface area contributed by atoms with Crippen molar-refractivity contribution in [2.75, 3.05) is 0 Å². The number of H-pyrrole nitrogens is 1. The number of aromatic amines is 1. The largest absolute Gasteiger partial charge is 0.345 e. The second-order valence-corrected chi connectivity index (χ2v) is 2.75. The monoisotopic (exact) mass is 204 g/mol. The molecule has 2 aromatic heterocycles. The van der Waals surface area contributed by atoms with Gasteiger partial charge in [-0.05, 0) is 6.07 Å². The number of carbonyl (C=O) groups excluding carboxylic acids is 1. The third-order valence-corrected chi connectivity index (χ3v) is 1.73. The fourth-order valence-corrected chi connectivity index (χ4v) is 1.01. The van der Waals surface area contributed by atoms with Gasteiger partial charge in [0.05, 0.1) is 24.5 Å². The van der Waals surface area contributed by atoms with Gasteiger partial charge in [0.15, 0.2) is 0 Å². The number of aromatic nitrogens is 5. The van der Waals surface area contributed by atoms with E-state index in [1.165, 1.54) is 18.7 Å². The van der Waals surface area contributed by atoms with Gasteiger partial charge >= 0.3 is 0 Å². The second kappa shape index (κ2) is 4.27. The molecule has 2 rings (SSSR count). The number of rotatable bonds is 3. The highest BCUT2D eigenvalue weighted by atomic mass is 16.1. The highest BCUT2D eigenvalue weighted by Gasteiger charge is 2.05. The predicted molar refractivity (Wildman–Crippen MR) is 49.6 cm³/mol. The summed E-state index contributed by atoms with van der Waals surface area (Å²) in [6, 6.07) is 1.59. The maximum Gasteiger partial charge on any atom is 0.253 e. The van der Waals surface area contributed by atoms with E-state index >= 15 is 0 Å². The first-order valence-corrected chi connectivity index (χ1v) is 4.25. The summed E-state index contributed by atoms with van der Waals surface area (Å²) in [5.74, 6) is 0.381. The number of nitrogens with one attached hydrogen (secondary N) is 2. The van der Waals surface area contributed by atoms with Crippen LogP contribution < -0.4 is 5.32 Å². The molecule has 0 aliphatic rings. The summed E-state index contributed by atoms with van der Waals surface area (Å²) < 4.78 is 0. The first-order valence-electron chi connectivity index (χ1n) is 4.25. The zero-order chi connectivity index (χ0) is 10.5. The zero-order valence-electron chi connectivity index (χ0n) is 7.71. The zero-order valence-corrected chi connectivity index (χ0v) is 7.71. The Balaban J connectivity index is 1.94. The van der Waals surface area contributed by atoms with E-state index in [-0.39, 0.29) is 5.91 Å². The summed E-state index contributed by atoms with van der Waals surface area (Å²) in [6.07, 6.45) is 4.24. The van der Waals surface area contributed by atoms with E-state index in [4.69, 9.17) is 0 Å². The lowest BCUT2D eigenvalue weighted by Crippen LogP contribution is -2.23. The lowest BCUT2D eigenvalue weighted by atomic mass is 10.3. The summed E-state index contributed by atoms with van der Waals surface area (Å²) in [7, 11) is 0. The molecule has 0 fully saturated rings. The van der Waals surface area contributed by atoms with Crippen molar-refractivity contribution in [2.45, 2.75) is 6.54 Å². The van der Waals surface area contributed by atoms with Gasteiger partial charge in [-0.3, -0.25) is 9.89 Å². The molecule has 7 heteroatoms. The van der Waals surface area contributed by atoms with Gasteiger partial charge in [0.25, 0.3) is 5.91 Å². The third-order valence-electron chi connectivity index (χ3n) is 1.73. The van der Waals surface area contributed by atoms with Gasteiger partial charge in [-0.15, -0.1) is 0 Å². The summed E-state index contributed by atoms with van der Waals surface area (Å²) in [6.45, 7) is 0.307. The van der Waals surface area contributed by atoms with Gasteiger partial charge in [-0.1, -0.05) is 0 Å². The molecule has 0 aliphatic heterocycles. The molecule has 0 saturated carbocycles. The first kappa shape index (κ1) is 9.25. The average Bonchev–Trinajstić information content (AvgIpc) is 2.80. The van der Waals surface area contributed by atoms with Gasteiger partial charge in [0.1, 0.15) is 12.2 Å². The van der Waals surface area contributed by atoms with E-state index < -0.39 is 0 Å². The van der Waals surface area contributed by atoms with Crippen LogP contribution in [0.5, 0.6) is 0 Å². The Labute approximate surface area is 85.0 Å². The minimum atomic E-state index is -0.221. The van der Waals surface area contributed by atoms with Crippen LogP contribution in [-0.2, 0) is 6.54 Å². The van der Waals surface area contributed by atoms with E-state index in [2.05, 4.69) is 30.7 Å². The topological polar surface area (TPSA) is 96.5 Å². The molecule has 2 aromatic rings. The Morgan fingerprint density at radius 2 is 2.40 bits per heavy atom. The molecule has 0 atom stereocenters. The normalized spacial score (nSPS) is 9.87. The molecule has 0 saturated heterocycles. The Morgan fingerprint density at radius 1 is 1.47 bits per heavy atom. The highest BCUT2D eigenvalue weighted by molar-refractivity contribution is 5.93. The highest BCUT2D eigenvalue weighted by Crippen LogP contribution is 1.94. The Morgan fingerprint density at radius 3 is 3.07 bits per heavy atom. The molecule has 0 radical (unpaired) electrons. The Kier molecular flexibility index (Phi) is 2.63. The molecule has 15 heavy (non-hydrogen) atoms. The molecular weight excluding hydrogens is 196 g/mol. The fourth-order valence-electron chi connectivity index (χ4n) is 1.01. The molecule has 0 unspecified atom stereocenters. The van der Waals surface area contributed by atoms with Crippen LogP contribution in [0.3, 0.4) is 0 Å². The minimum Gasteiger partial charge on any atom is -0.345 e. The summed E-state index contributed by atoms with van der Waals surface area (Å²) in [4.78, 5) is 15.4. The molecule has 0 aromatic carbocycles. The molecule has 1 amide bonds. The van der Waals surface area contributed by atoms with Crippen molar-refractivity contribution in [2.24, 2.45) is 0 Å². The molecule has 0 spiro atoms. The summed E-state index contributed by atoms with van der Waals surface area (Å²) in [5, 5.41) is 16.1. The van der Waals surface area contributed by atoms with E-state index in [0.717, 1.165) is 0 Å². The van der Waals surface area contributed by atoms with Crippen LogP contribution in [0.25, 0.3) is 0 Å². The van der Waals surface area contributed by atoms with Gasteiger partial charge in [0.2, 0.25) is 0 Å². The van der Waals surface area contributed by atoms with Crippen molar-refractivity contribution in [1.29, 1.82) is 0 Å². The summed E-state index contributed by atoms with van der Waals surface area (Å²) >= 11 is 0. The van der Waals surface area contributed by atoms with Crippen molar-refractivity contribution in [3.05, 3.63) is 36.2 Å². The molecule has 7 nitrogen and oxygen atoms in total. The smallest absolute Gasteiger partial charge is 0.253 e. The summed E-state index contributed by atoms with van der Waals surface area (Å²) in [5.41, 5.74) is 0.463. The lowest BCUT2D eigenvalue weighted by molar-refractivity contribution is 0.0949. The van der Waals surface area contributed by atoms with E-state index in [1.54, 1.807) is 6.07 Å². The maximum atomic E-state index is 11.5. The number of nitrogens with zero attached hydrogens (tertiary/aromatic N) is 4. The van der Waals surface area contributed by atoms with Crippen molar-refractivity contribution in [1.82, 2.24) is 30.7 Å². The van der Waals surface area contributed by atoms with Gasteiger partial charge in [0, 0.05) is 0 Å². The van der Waals surface area contributed by atoms with Crippen molar-refractivity contribution in [3.8, 4) is 0 Å². The van der Waals surface area contributed by atoms with Crippen LogP contribution in [0.15, 0.2) is 24.8 Å². The number of hydrogen-bond acceptors (Lipinski definition) is 5. The van der Waals surface area contributed by atoms with Crippen LogP contribution in [0, 0.1) is 0 Å². The van der Waals surface area contributed by atoms with Crippen LogP contribution in [-0.4, -0.2) is 31.3 Å². The van der Waals surface area contributed by atoms with Gasteiger partial charge in [-0.2, -0.15) is 15.3 Å². The molecule has 2 heterocycles. The van der Waals surface area contributed by atoms with Crippen LogP contribution in [0.4, 0.5) is 0 Å². The SMILES string of the molecule is O=C(NCc1ncn[nH]1)c1ccnnc1. The second-order valence-electron chi connectivity index (χ2n) is 2.75. The van der Waals surface area contributed by atoms with Crippen LogP contribution in [0.2, 0.25) is 0 Å². The Bertz CT molecular complexity index is 426. The van der Waals surface area contributed by atoms with E-state index in [9.17, 15) is 4.79 Å². The minimum absolute atomic E-state index is 0.221. The van der Waals surface area contributed by atoms with Crippen LogP contribution >= 0.6 is 0 Å². The number of carbonyl (C=O) groups is 1. The van der Waals surface area contributed by atoms with Gasteiger partial charge in [-0.25, -0.2) is 4.98 Å². The molecule has 2 N–H and O–H groups in total. The third kappa shape index (κ3) is 2.33. The number of hydrogen-bond donors (Lipinski definition) is 2. The first-order chi connectivity index (χ1) is 7.36. The Hall–Kier alpha value is -2.31. The van der Waals surface area contributed by atoms with Crippen molar-refractivity contribution < 1.29 is 4.79 Å². The van der Waals surface area contributed by atoms with Crippen molar-refractivity contribution >= 4 is 5.91 Å². The maximum absolute atomic E-state index is 11.5. The molecule has 76 valence electrons. The standard InChI is InChI=1S/C8H8N6O/c15-8(6-1-2-11-12-3-6)9-4-7-10-5-13-14-7/h1-3,5H,4H2,(H,9,15)(H,10,13,14). The lowest BCUT2D eigenvalue weighted by Gasteiger charge is -2.01.